The second kappa shape index (κ2) is 10.1. The molecule has 0 radical (unpaired) electrons. The quantitative estimate of drug-likeness (QED) is 0.304. The molecule has 1 aliphatic rings. The van der Waals surface area contributed by atoms with E-state index < -0.39 is 6.03 Å². The average Bonchev–Trinajstić information content (AvgIpc) is 3.06. The summed E-state index contributed by atoms with van der Waals surface area (Å²) in [6, 6.07) is 17.6. The lowest BCUT2D eigenvalue weighted by Crippen LogP contribution is -2.31. The maximum absolute atomic E-state index is 12.5. The second-order valence-corrected chi connectivity index (χ2v) is 8.49. The van der Waals surface area contributed by atoms with E-state index in [9.17, 15) is 9.59 Å². The highest BCUT2D eigenvalue weighted by Gasteiger charge is 2.32. The van der Waals surface area contributed by atoms with Gasteiger partial charge in [-0.3, -0.25) is 9.69 Å². The summed E-state index contributed by atoms with van der Waals surface area (Å²) in [4.78, 5) is 25.8. The van der Waals surface area contributed by atoms with Gasteiger partial charge in [-0.15, -0.1) is 0 Å². The van der Waals surface area contributed by atoms with Gasteiger partial charge in [0.15, 0.2) is 11.5 Å². The molecule has 4 rings (SSSR count). The standard InChI is InChI=1S/C26H25BrN2O4/c1-3-12-29-25(30)22(28-26(29)31)14-17-13-21(27)24(23(15-17)32-4-2)33-16-19-10-7-9-18-8-5-6-11-20(18)19/h5-11,13-15H,3-4,12,16H2,1-2H3,(H,28,31)/b22-14+. The number of hydrogen-bond acceptors (Lipinski definition) is 4. The predicted molar refractivity (Wildman–Crippen MR) is 132 cm³/mol. The third-order valence-electron chi connectivity index (χ3n) is 5.30. The number of hydrogen-bond donors (Lipinski definition) is 1. The molecule has 1 heterocycles. The van der Waals surface area contributed by atoms with Crippen LogP contribution in [0.1, 0.15) is 31.4 Å². The van der Waals surface area contributed by atoms with E-state index >= 15 is 0 Å². The van der Waals surface area contributed by atoms with E-state index in [1.165, 1.54) is 4.90 Å². The Balaban J connectivity index is 1.61. The van der Waals surface area contributed by atoms with Crippen LogP contribution < -0.4 is 14.8 Å². The minimum atomic E-state index is -0.396. The number of amides is 3. The van der Waals surface area contributed by atoms with Crippen LogP contribution in [0.2, 0.25) is 0 Å². The van der Waals surface area contributed by atoms with Crippen LogP contribution in [0.5, 0.6) is 11.5 Å². The van der Waals surface area contributed by atoms with Crippen molar-refractivity contribution in [1.29, 1.82) is 0 Å². The lowest BCUT2D eigenvalue weighted by Gasteiger charge is -2.16. The molecule has 0 spiro atoms. The van der Waals surface area contributed by atoms with E-state index in [2.05, 4.69) is 39.4 Å². The number of halogens is 1. The molecule has 0 saturated carbocycles. The van der Waals surface area contributed by atoms with Crippen LogP contribution in [-0.4, -0.2) is 30.0 Å². The summed E-state index contributed by atoms with van der Waals surface area (Å²) in [5, 5.41) is 4.95. The third-order valence-corrected chi connectivity index (χ3v) is 5.89. The molecule has 0 bridgehead atoms. The molecule has 0 aliphatic carbocycles. The van der Waals surface area contributed by atoms with Gasteiger partial charge in [0.05, 0.1) is 11.1 Å². The molecule has 3 aromatic rings. The molecule has 7 heteroatoms. The number of rotatable bonds is 8. The lowest BCUT2D eigenvalue weighted by atomic mass is 10.1. The van der Waals surface area contributed by atoms with Gasteiger partial charge in [-0.25, -0.2) is 4.79 Å². The van der Waals surface area contributed by atoms with Gasteiger partial charge in [0.25, 0.3) is 5.91 Å². The Labute approximate surface area is 201 Å². The summed E-state index contributed by atoms with van der Waals surface area (Å²) < 4.78 is 12.7. The van der Waals surface area contributed by atoms with Crippen LogP contribution in [0, 0.1) is 0 Å². The van der Waals surface area contributed by atoms with Crippen LogP contribution in [0.3, 0.4) is 0 Å². The zero-order valence-corrected chi connectivity index (χ0v) is 20.1. The minimum Gasteiger partial charge on any atom is -0.490 e. The number of ether oxygens (including phenoxy) is 2. The van der Waals surface area contributed by atoms with Crippen molar-refractivity contribution in [3.63, 3.8) is 0 Å². The fraction of sp³-hybridized carbons (Fsp3) is 0.231. The monoisotopic (exact) mass is 508 g/mol. The summed E-state index contributed by atoms with van der Waals surface area (Å²) in [6.45, 7) is 5.04. The molecule has 1 N–H and O–H groups in total. The van der Waals surface area contributed by atoms with Gasteiger partial charge < -0.3 is 14.8 Å². The molecule has 3 aromatic carbocycles. The zero-order valence-electron chi connectivity index (χ0n) is 18.6. The van der Waals surface area contributed by atoms with Gasteiger partial charge in [0.1, 0.15) is 12.3 Å². The molecule has 33 heavy (non-hydrogen) atoms. The fourth-order valence-corrected chi connectivity index (χ4v) is 4.38. The van der Waals surface area contributed by atoms with E-state index in [1.54, 1.807) is 6.08 Å². The summed E-state index contributed by atoms with van der Waals surface area (Å²) >= 11 is 3.59. The van der Waals surface area contributed by atoms with E-state index in [-0.39, 0.29) is 11.6 Å². The lowest BCUT2D eigenvalue weighted by molar-refractivity contribution is -0.122. The van der Waals surface area contributed by atoms with Crippen molar-refractivity contribution in [2.45, 2.75) is 26.9 Å². The highest BCUT2D eigenvalue weighted by Crippen LogP contribution is 2.38. The molecule has 1 aliphatic heterocycles. The van der Waals surface area contributed by atoms with Crippen LogP contribution in [0.15, 0.2) is 64.8 Å². The smallest absolute Gasteiger partial charge is 0.329 e. The number of imide groups is 1. The summed E-state index contributed by atoms with van der Waals surface area (Å²) in [5.74, 6) is 0.815. The van der Waals surface area contributed by atoms with Crippen molar-refractivity contribution in [1.82, 2.24) is 10.2 Å². The second-order valence-electron chi connectivity index (χ2n) is 7.63. The van der Waals surface area contributed by atoms with Gasteiger partial charge in [-0.05, 0) is 69.4 Å². The molecular weight excluding hydrogens is 484 g/mol. The summed E-state index contributed by atoms with van der Waals surface area (Å²) in [6.07, 6.45) is 2.35. The van der Waals surface area contributed by atoms with Gasteiger partial charge in [0, 0.05) is 6.54 Å². The van der Waals surface area contributed by atoms with Crippen LogP contribution >= 0.6 is 15.9 Å². The van der Waals surface area contributed by atoms with E-state index in [0.29, 0.717) is 47.7 Å². The largest absolute Gasteiger partial charge is 0.490 e. The molecular formula is C26H25BrN2O4. The number of urea groups is 1. The van der Waals surface area contributed by atoms with Crippen LogP contribution in [0.25, 0.3) is 16.8 Å². The first-order chi connectivity index (χ1) is 16.0. The zero-order chi connectivity index (χ0) is 23.4. The Morgan fingerprint density at radius 1 is 1.03 bits per heavy atom. The number of carbonyl (C=O) groups excluding carboxylic acids is 2. The average molecular weight is 509 g/mol. The molecule has 0 aromatic heterocycles. The van der Waals surface area contributed by atoms with Crippen molar-refractivity contribution in [2.24, 2.45) is 0 Å². The first kappa shape index (κ1) is 22.9. The third kappa shape index (κ3) is 4.88. The molecule has 6 nitrogen and oxygen atoms in total. The van der Waals surface area contributed by atoms with Crippen LogP contribution in [-0.2, 0) is 11.4 Å². The van der Waals surface area contributed by atoms with Crippen molar-refractivity contribution in [3.8, 4) is 11.5 Å². The number of carbonyl (C=O) groups is 2. The van der Waals surface area contributed by atoms with Crippen molar-refractivity contribution in [3.05, 3.63) is 75.9 Å². The normalized spacial score (nSPS) is 14.8. The molecule has 1 saturated heterocycles. The molecule has 3 amide bonds. The van der Waals surface area contributed by atoms with E-state index in [0.717, 1.165) is 16.3 Å². The van der Waals surface area contributed by atoms with Crippen molar-refractivity contribution in [2.75, 3.05) is 13.2 Å². The maximum Gasteiger partial charge on any atom is 0.329 e. The Kier molecular flexibility index (Phi) is 6.99. The maximum atomic E-state index is 12.5. The molecule has 0 unspecified atom stereocenters. The summed E-state index contributed by atoms with van der Waals surface area (Å²) in [5.41, 5.74) is 2.03. The number of fused-ring (bicyclic) bond motifs is 1. The van der Waals surface area contributed by atoms with Gasteiger partial charge in [0.2, 0.25) is 0 Å². The highest BCUT2D eigenvalue weighted by molar-refractivity contribution is 9.10. The number of nitrogens with zero attached hydrogens (tertiary/aromatic N) is 1. The highest BCUT2D eigenvalue weighted by atomic mass is 79.9. The number of nitrogens with one attached hydrogen (secondary N) is 1. The number of benzene rings is 3. The van der Waals surface area contributed by atoms with Gasteiger partial charge >= 0.3 is 6.03 Å². The Bertz CT molecular complexity index is 1230. The Morgan fingerprint density at radius 3 is 2.61 bits per heavy atom. The molecule has 0 atom stereocenters. The van der Waals surface area contributed by atoms with Gasteiger partial charge in [-0.2, -0.15) is 0 Å². The topological polar surface area (TPSA) is 67.9 Å². The molecule has 1 fully saturated rings. The summed E-state index contributed by atoms with van der Waals surface area (Å²) in [7, 11) is 0. The minimum absolute atomic E-state index is 0.243. The van der Waals surface area contributed by atoms with E-state index in [4.69, 9.17) is 9.47 Å². The SMILES string of the molecule is CCCN1C(=O)N/C(=C/c2cc(Br)c(OCc3cccc4ccccc34)c(OCC)c2)C1=O. The van der Waals surface area contributed by atoms with Crippen molar-refractivity contribution >= 4 is 44.7 Å². The van der Waals surface area contributed by atoms with Crippen LogP contribution in [0.4, 0.5) is 4.79 Å². The Hall–Kier alpha value is -3.32. The van der Waals surface area contributed by atoms with Crippen molar-refractivity contribution < 1.29 is 19.1 Å². The first-order valence-electron chi connectivity index (χ1n) is 10.9. The predicted octanol–water partition coefficient (Wildman–Crippen LogP) is 5.88. The van der Waals surface area contributed by atoms with Gasteiger partial charge in [-0.1, -0.05) is 49.4 Å². The van der Waals surface area contributed by atoms with E-state index in [1.807, 2.05) is 50.2 Å². The fourth-order valence-electron chi connectivity index (χ4n) is 3.81. The Morgan fingerprint density at radius 2 is 1.82 bits per heavy atom. The first-order valence-corrected chi connectivity index (χ1v) is 11.7. The molecule has 170 valence electrons.